The zero-order valence-corrected chi connectivity index (χ0v) is 11.8. The molecule has 1 aromatic heterocycles. The highest BCUT2D eigenvalue weighted by atomic mass is 16.4. The molecule has 1 fully saturated rings. The quantitative estimate of drug-likeness (QED) is 0.862. The fourth-order valence-corrected chi connectivity index (χ4v) is 3.43. The minimum Gasteiger partial charge on any atom is -0.478 e. The molecule has 1 atom stereocenters. The predicted octanol–water partition coefficient (Wildman–Crippen LogP) is 3.94. The predicted molar refractivity (Wildman–Crippen MR) is 72.2 cm³/mol. The summed E-state index contributed by atoms with van der Waals surface area (Å²) >= 11 is 0. The van der Waals surface area contributed by atoms with Gasteiger partial charge in [0, 0.05) is 17.4 Å². The van der Waals surface area contributed by atoms with Gasteiger partial charge in [-0.2, -0.15) is 0 Å². The van der Waals surface area contributed by atoms with Gasteiger partial charge >= 0.3 is 5.97 Å². The van der Waals surface area contributed by atoms with E-state index in [1.807, 2.05) is 19.9 Å². The first-order chi connectivity index (χ1) is 8.34. The van der Waals surface area contributed by atoms with E-state index < -0.39 is 5.97 Å². The van der Waals surface area contributed by atoms with E-state index in [-0.39, 0.29) is 5.41 Å². The fourth-order valence-electron chi connectivity index (χ4n) is 3.43. The molecule has 3 heteroatoms. The zero-order chi connectivity index (χ0) is 13.5. The van der Waals surface area contributed by atoms with E-state index in [4.69, 9.17) is 0 Å². The summed E-state index contributed by atoms with van der Waals surface area (Å²) in [5.74, 6) is -0.817. The Labute approximate surface area is 109 Å². The van der Waals surface area contributed by atoms with Gasteiger partial charge in [-0.3, -0.25) is 0 Å². The summed E-state index contributed by atoms with van der Waals surface area (Å²) in [6.07, 6.45) is 4.90. The van der Waals surface area contributed by atoms with E-state index >= 15 is 0 Å². The second kappa shape index (κ2) is 4.45. The van der Waals surface area contributed by atoms with E-state index in [1.165, 1.54) is 19.3 Å². The lowest BCUT2D eigenvalue weighted by atomic mass is 9.73. The van der Waals surface area contributed by atoms with E-state index in [1.54, 1.807) is 0 Å². The third-order valence-corrected chi connectivity index (χ3v) is 4.48. The molecule has 100 valence electrons. The molecular weight excluding hydrogens is 226 g/mol. The number of hydrogen-bond donors (Lipinski definition) is 1. The fraction of sp³-hybridized carbons (Fsp3) is 0.667. The highest BCUT2D eigenvalue weighted by Crippen LogP contribution is 2.45. The minimum absolute atomic E-state index is 0.253. The van der Waals surface area contributed by atoms with Gasteiger partial charge in [-0.05, 0) is 38.2 Å². The van der Waals surface area contributed by atoms with Gasteiger partial charge in [0.05, 0.1) is 5.56 Å². The molecule has 0 bridgehead atoms. The zero-order valence-electron chi connectivity index (χ0n) is 11.8. The van der Waals surface area contributed by atoms with E-state index in [0.717, 1.165) is 17.8 Å². The number of carbonyl (C=O) groups is 1. The molecule has 0 amide bonds. The normalized spacial score (nSPS) is 23.0. The van der Waals surface area contributed by atoms with Crippen molar-refractivity contribution in [2.24, 2.45) is 5.41 Å². The second-order valence-corrected chi connectivity index (χ2v) is 6.21. The summed E-state index contributed by atoms with van der Waals surface area (Å²) < 4.78 is 2.25. The van der Waals surface area contributed by atoms with Gasteiger partial charge in [-0.25, -0.2) is 4.79 Å². The topological polar surface area (TPSA) is 42.2 Å². The van der Waals surface area contributed by atoms with Crippen molar-refractivity contribution >= 4 is 5.97 Å². The van der Waals surface area contributed by atoms with Gasteiger partial charge in [-0.15, -0.1) is 0 Å². The van der Waals surface area contributed by atoms with Crippen molar-refractivity contribution in [3.05, 3.63) is 23.0 Å². The molecule has 0 radical (unpaired) electrons. The Kier molecular flexibility index (Phi) is 3.26. The molecule has 1 saturated carbocycles. The Morgan fingerprint density at radius 3 is 2.56 bits per heavy atom. The first-order valence-corrected chi connectivity index (χ1v) is 6.76. The van der Waals surface area contributed by atoms with Gasteiger partial charge < -0.3 is 9.67 Å². The summed E-state index contributed by atoms with van der Waals surface area (Å²) in [6.45, 7) is 8.55. The molecule has 2 rings (SSSR count). The molecular formula is C15H23NO2. The number of aryl methyl sites for hydroxylation is 1. The van der Waals surface area contributed by atoms with Crippen molar-refractivity contribution in [1.82, 2.24) is 4.57 Å². The summed E-state index contributed by atoms with van der Waals surface area (Å²) in [5, 5.41) is 9.22. The first kappa shape index (κ1) is 13.2. The van der Waals surface area contributed by atoms with Crippen LogP contribution in [0.5, 0.6) is 0 Å². The summed E-state index contributed by atoms with van der Waals surface area (Å²) in [7, 11) is 0. The van der Waals surface area contributed by atoms with Crippen LogP contribution in [0.1, 0.15) is 67.3 Å². The average molecular weight is 249 g/mol. The molecule has 1 aromatic rings. The van der Waals surface area contributed by atoms with Crippen LogP contribution < -0.4 is 0 Å². The number of aromatic carboxylic acids is 1. The van der Waals surface area contributed by atoms with Crippen molar-refractivity contribution < 1.29 is 9.90 Å². The van der Waals surface area contributed by atoms with Crippen molar-refractivity contribution in [3.63, 3.8) is 0 Å². The van der Waals surface area contributed by atoms with Crippen molar-refractivity contribution in [2.45, 2.75) is 59.4 Å². The lowest BCUT2D eigenvalue weighted by Crippen LogP contribution is -2.31. The Balaban J connectivity index is 2.47. The number of nitrogens with zero attached hydrogens (tertiary/aromatic N) is 1. The molecule has 0 spiro atoms. The van der Waals surface area contributed by atoms with Crippen molar-refractivity contribution in [2.75, 3.05) is 0 Å². The van der Waals surface area contributed by atoms with Crippen LogP contribution in [0.2, 0.25) is 0 Å². The van der Waals surface area contributed by atoms with Crippen LogP contribution in [0.3, 0.4) is 0 Å². The number of carboxylic acid groups (broad SMARTS) is 1. The highest BCUT2D eigenvalue weighted by molar-refractivity contribution is 5.89. The average Bonchev–Trinajstić information content (AvgIpc) is 2.55. The van der Waals surface area contributed by atoms with Gasteiger partial charge in [-0.1, -0.05) is 26.7 Å². The van der Waals surface area contributed by atoms with Gasteiger partial charge in [0.25, 0.3) is 0 Å². The van der Waals surface area contributed by atoms with Gasteiger partial charge in [0.2, 0.25) is 0 Å². The van der Waals surface area contributed by atoms with Gasteiger partial charge in [0.1, 0.15) is 0 Å². The molecule has 3 nitrogen and oxygen atoms in total. The van der Waals surface area contributed by atoms with E-state index in [0.29, 0.717) is 11.6 Å². The largest absolute Gasteiger partial charge is 0.478 e. The maximum Gasteiger partial charge on any atom is 0.337 e. The minimum atomic E-state index is -0.817. The molecule has 1 unspecified atom stereocenters. The summed E-state index contributed by atoms with van der Waals surface area (Å²) in [4.78, 5) is 11.2. The second-order valence-electron chi connectivity index (χ2n) is 6.21. The molecule has 18 heavy (non-hydrogen) atoms. The first-order valence-electron chi connectivity index (χ1n) is 6.76. The molecule has 1 heterocycles. The molecule has 0 aliphatic heterocycles. The number of rotatable bonds is 2. The lowest BCUT2D eigenvalue weighted by Gasteiger charge is -2.41. The monoisotopic (exact) mass is 249 g/mol. The lowest BCUT2D eigenvalue weighted by molar-refractivity contribution is 0.0694. The van der Waals surface area contributed by atoms with Crippen molar-refractivity contribution in [1.29, 1.82) is 0 Å². The molecule has 0 saturated heterocycles. The third kappa shape index (κ3) is 2.06. The SMILES string of the molecule is Cc1cc(C(=O)O)c(C)n1C1CCCCC1(C)C. The van der Waals surface area contributed by atoms with Crippen LogP contribution in [0.15, 0.2) is 6.07 Å². The maximum atomic E-state index is 11.2. The van der Waals surface area contributed by atoms with Crippen LogP contribution in [-0.2, 0) is 0 Å². The Hall–Kier alpha value is -1.25. The third-order valence-electron chi connectivity index (χ3n) is 4.48. The van der Waals surface area contributed by atoms with Crippen LogP contribution >= 0.6 is 0 Å². The number of aromatic nitrogens is 1. The van der Waals surface area contributed by atoms with Crippen LogP contribution in [0.4, 0.5) is 0 Å². The van der Waals surface area contributed by atoms with Crippen molar-refractivity contribution in [3.8, 4) is 0 Å². The number of carboxylic acids is 1. The Morgan fingerprint density at radius 2 is 2.06 bits per heavy atom. The van der Waals surface area contributed by atoms with E-state index in [2.05, 4.69) is 18.4 Å². The summed E-state index contributed by atoms with van der Waals surface area (Å²) in [6, 6.07) is 2.24. The maximum absolute atomic E-state index is 11.2. The Bertz CT molecular complexity index is 471. The smallest absolute Gasteiger partial charge is 0.337 e. The standard InChI is InChI=1S/C15H23NO2/c1-10-9-12(14(17)18)11(2)16(10)13-7-5-6-8-15(13,3)4/h9,13H,5-8H2,1-4H3,(H,17,18). The van der Waals surface area contributed by atoms with E-state index in [9.17, 15) is 9.90 Å². The summed E-state index contributed by atoms with van der Waals surface area (Å²) in [5.41, 5.74) is 2.68. The van der Waals surface area contributed by atoms with Gasteiger partial charge in [0.15, 0.2) is 0 Å². The molecule has 1 N–H and O–H groups in total. The van der Waals surface area contributed by atoms with Crippen LogP contribution in [0, 0.1) is 19.3 Å². The highest BCUT2D eigenvalue weighted by Gasteiger charge is 2.35. The molecule has 1 aliphatic carbocycles. The Morgan fingerprint density at radius 1 is 1.39 bits per heavy atom. The van der Waals surface area contributed by atoms with Crippen LogP contribution in [0.25, 0.3) is 0 Å². The number of hydrogen-bond acceptors (Lipinski definition) is 1. The van der Waals surface area contributed by atoms with Crippen LogP contribution in [-0.4, -0.2) is 15.6 Å². The molecule has 1 aliphatic rings. The molecule has 0 aromatic carbocycles.